The molecule has 5 nitrogen and oxygen atoms in total. The van der Waals surface area contributed by atoms with Gasteiger partial charge in [-0.25, -0.2) is 4.79 Å². The van der Waals surface area contributed by atoms with Crippen molar-refractivity contribution in [2.45, 2.75) is 18.9 Å². The predicted molar refractivity (Wildman–Crippen MR) is 56.1 cm³/mol. The van der Waals surface area contributed by atoms with E-state index in [0.717, 1.165) is 0 Å². The lowest BCUT2D eigenvalue weighted by atomic mass is 10.0. The van der Waals surface area contributed by atoms with Gasteiger partial charge in [0.2, 0.25) is 5.76 Å². The van der Waals surface area contributed by atoms with E-state index in [4.69, 9.17) is 9.15 Å². The van der Waals surface area contributed by atoms with Crippen molar-refractivity contribution < 1.29 is 23.8 Å². The second-order valence-corrected chi connectivity index (χ2v) is 3.67. The van der Waals surface area contributed by atoms with Crippen LogP contribution in [0.4, 0.5) is 0 Å². The van der Waals surface area contributed by atoms with E-state index in [0.29, 0.717) is 18.8 Å². The third-order valence-corrected chi connectivity index (χ3v) is 2.32. The lowest BCUT2D eigenvalue weighted by molar-refractivity contribution is 0.00144. The van der Waals surface area contributed by atoms with Gasteiger partial charge in [-0.3, -0.25) is 0 Å². The summed E-state index contributed by atoms with van der Waals surface area (Å²) in [4.78, 5) is 11.1. The van der Waals surface area contributed by atoms with E-state index >= 15 is 0 Å². The first-order valence-corrected chi connectivity index (χ1v) is 4.91. The summed E-state index contributed by atoms with van der Waals surface area (Å²) in [5.41, 5.74) is -1.15. The Hall–Kier alpha value is -1.33. The molecule has 1 rings (SSSR count). The lowest BCUT2D eigenvalue weighted by Crippen LogP contribution is -2.22. The molecule has 1 unspecified atom stereocenters. The van der Waals surface area contributed by atoms with Gasteiger partial charge in [-0.15, -0.1) is 0 Å². The predicted octanol–water partition coefficient (Wildman–Crippen LogP) is 1.31. The number of aliphatic hydroxyl groups is 1. The van der Waals surface area contributed by atoms with Gasteiger partial charge in [-0.05, 0) is 19.1 Å². The highest BCUT2D eigenvalue weighted by atomic mass is 16.5. The summed E-state index contributed by atoms with van der Waals surface area (Å²) in [5.74, 6) is -0.158. The maximum absolute atomic E-state index is 11.1. The largest absolute Gasteiger partial charge is 0.463 e. The maximum atomic E-state index is 11.1. The molecule has 0 bridgehead atoms. The minimum Gasteiger partial charge on any atom is -0.463 e. The zero-order valence-electron chi connectivity index (χ0n) is 9.65. The monoisotopic (exact) mass is 228 g/mol. The van der Waals surface area contributed by atoms with Crippen molar-refractivity contribution in [1.82, 2.24) is 0 Å². The van der Waals surface area contributed by atoms with Crippen LogP contribution in [0.15, 0.2) is 16.5 Å². The number of esters is 1. The van der Waals surface area contributed by atoms with Crippen molar-refractivity contribution in [3.8, 4) is 0 Å². The fraction of sp³-hybridized carbons (Fsp3) is 0.545. The average Bonchev–Trinajstić information content (AvgIpc) is 2.75. The van der Waals surface area contributed by atoms with E-state index in [1.54, 1.807) is 20.1 Å². The molecule has 0 fully saturated rings. The summed E-state index contributed by atoms with van der Waals surface area (Å²) in [7, 11) is 2.83. The van der Waals surface area contributed by atoms with E-state index < -0.39 is 11.6 Å². The Balaban J connectivity index is 2.80. The highest BCUT2D eigenvalue weighted by Gasteiger charge is 2.27. The quantitative estimate of drug-likeness (QED) is 0.769. The first kappa shape index (κ1) is 12.7. The third kappa shape index (κ3) is 2.84. The molecule has 1 aromatic rings. The van der Waals surface area contributed by atoms with Gasteiger partial charge in [0.1, 0.15) is 11.4 Å². The highest BCUT2D eigenvalue weighted by molar-refractivity contribution is 5.86. The smallest absolute Gasteiger partial charge is 0.373 e. The Labute approximate surface area is 94.0 Å². The van der Waals surface area contributed by atoms with Crippen LogP contribution in [-0.2, 0) is 15.1 Å². The van der Waals surface area contributed by atoms with Gasteiger partial charge >= 0.3 is 5.97 Å². The van der Waals surface area contributed by atoms with Crippen LogP contribution in [0.5, 0.6) is 0 Å². The van der Waals surface area contributed by atoms with Crippen LogP contribution >= 0.6 is 0 Å². The number of rotatable bonds is 5. The molecule has 0 saturated carbocycles. The fourth-order valence-electron chi connectivity index (χ4n) is 1.26. The molecule has 0 radical (unpaired) electrons. The number of furan rings is 1. The number of carbonyl (C=O) groups excluding carboxylic acids is 1. The molecule has 1 N–H and O–H groups in total. The number of methoxy groups -OCH3 is 2. The summed E-state index contributed by atoms with van der Waals surface area (Å²) in [6, 6.07) is 3.03. The molecular formula is C11H16O5. The Morgan fingerprint density at radius 1 is 1.50 bits per heavy atom. The van der Waals surface area contributed by atoms with Crippen LogP contribution in [0.3, 0.4) is 0 Å². The average molecular weight is 228 g/mol. The molecule has 0 aromatic carbocycles. The first-order chi connectivity index (χ1) is 7.51. The Morgan fingerprint density at radius 3 is 2.75 bits per heavy atom. The molecule has 1 aromatic heterocycles. The molecular weight excluding hydrogens is 212 g/mol. The summed E-state index contributed by atoms with van der Waals surface area (Å²) in [6.45, 7) is 2.01. The maximum Gasteiger partial charge on any atom is 0.373 e. The Morgan fingerprint density at radius 2 is 2.19 bits per heavy atom. The summed E-state index contributed by atoms with van der Waals surface area (Å²) < 4.78 is 14.6. The number of carbonyl (C=O) groups is 1. The van der Waals surface area contributed by atoms with Gasteiger partial charge in [-0.1, -0.05) is 0 Å². The van der Waals surface area contributed by atoms with Crippen LogP contribution in [0.25, 0.3) is 0 Å². The molecule has 16 heavy (non-hydrogen) atoms. The number of hydrogen-bond acceptors (Lipinski definition) is 5. The minimum atomic E-state index is -1.15. The van der Waals surface area contributed by atoms with Crippen molar-refractivity contribution in [2.24, 2.45) is 0 Å². The van der Waals surface area contributed by atoms with E-state index in [1.165, 1.54) is 13.2 Å². The molecule has 5 heteroatoms. The van der Waals surface area contributed by atoms with Crippen LogP contribution < -0.4 is 0 Å². The molecule has 0 aliphatic rings. The Kier molecular flexibility index (Phi) is 4.09. The zero-order chi connectivity index (χ0) is 12.2. The topological polar surface area (TPSA) is 68.9 Å². The summed E-state index contributed by atoms with van der Waals surface area (Å²) in [5, 5.41) is 10.1. The second kappa shape index (κ2) is 5.14. The van der Waals surface area contributed by atoms with Gasteiger partial charge in [0.05, 0.1) is 7.11 Å². The van der Waals surface area contributed by atoms with Crippen LogP contribution in [0, 0.1) is 0 Å². The van der Waals surface area contributed by atoms with Crippen LogP contribution in [-0.4, -0.2) is 31.9 Å². The first-order valence-electron chi connectivity index (χ1n) is 4.91. The van der Waals surface area contributed by atoms with Crippen molar-refractivity contribution in [1.29, 1.82) is 0 Å². The standard InChI is InChI=1S/C11H16O5/c1-11(13,6-7-14-2)9-5-4-8(16-9)10(12)15-3/h4-5,13H,6-7H2,1-3H3. The highest BCUT2D eigenvalue weighted by Crippen LogP contribution is 2.26. The van der Waals surface area contributed by atoms with Gasteiger partial charge in [0, 0.05) is 20.1 Å². The van der Waals surface area contributed by atoms with Crippen molar-refractivity contribution in [2.75, 3.05) is 20.8 Å². The molecule has 0 aliphatic carbocycles. The molecule has 1 heterocycles. The molecule has 0 amide bonds. The third-order valence-electron chi connectivity index (χ3n) is 2.32. The van der Waals surface area contributed by atoms with Gasteiger partial charge in [-0.2, -0.15) is 0 Å². The molecule has 90 valence electrons. The van der Waals surface area contributed by atoms with Crippen LogP contribution in [0.1, 0.15) is 29.7 Å². The van der Waals surface area contributed by atoms with Crippen LogP contribution in [0.2, 0.25) is 0 Å². The summed E-state index contributed by atoms with van der Waals surface area (Å²) in [6.07, 6.45) is 0.387. The SMILES string of the molecule is COCCC(C)(O)c1ccc(C(=O)OC)o1. The van der Waals surface area contributed by atoms with Gasteiger partial charge < -0.3 is 19.0 Å². The van der Waals surface area contributed by atoms with Crippen molar-refractivity contribution in [3.05, 3.63) is 23.7 Å². The molecule has 0 spiro atoms. The van der Waals surface area contributed by atoms with E-state index in [9.17, 15) is 9.90 Å². The minimum absolute atomic E-state index is 0.0789. The molecule has 0 aliphatic heterocycles. The number of hydrogen-bond donors (Lipinski definition) is 1. The Bertz CT molecular complexity index is 353. The van der Waals surface area contributed by atoms with Gasteiger partial charge in [0.15, 0.2) is 0 Å². The second-order valence-electron chi connectivity index (χ2n) is 3.67. The zero-order valence-corrected chi connectivity index (χ0v) is 9.65. The molecule has 0 saturated heterocycles. The molecule has 1 atom stereocenters. The van der Waals surface area contributed by atoms with E-state index in [-0.39, 0.29) is 5.76 Å². The van der Waals surface area contributed by atoms with E-state index in [2.05, 4.69) is 4.74 Å². The van der Waals surface area contributed by atoms with Gasteiger partial charge in [0.25, 0.3) is 0 Å². The van der Waals surface area contributed by atoms with E-state index in [1.807, 2.05) is 0 Å². The van der Waals surface area contributed by atoms with Crippen molar-refractivity contribution in [3.63, 3.8) is 0 Å². The summed E-state index contributed by atoms with van der Waals surface area (Å²) >= 11 is 0. The van der Waals surface area contributed by atoms with Crippen molar-refractivity contribution >= 4 is 5.97 Å². The normalized spacial score (nSPS) is 14.5. The lowest BCUT2D eigenvalue weighted by Gasteiger charge is -2.19. The fourth-order valence-corrected chi connectivity index (χ4v) is 1.26. The number of ether oxygens (including phenoxy) is 2.